The number of hydrogen-bond donors (Lipinski definition) is 2. The molecule has 0 aromatic heterocycles. The number of rotatable bonds is 7. The van der Waals surface area contributed by atoms with Crippen molar-refractivity contribution in [2.75, 3.05) is 19.7 Å². The summed E-state index contributed by atoms with van der Waals surface area (Å²) < 4.78 is 5.59. The van der Waals surface area contributed by atoms with Gasteiger partial charge in [-0.25, -0.2) is 4.79 Å². The monoisotopic (exact) mass is 450 g/mol. The van der Waals surface area contributed by atoms with Gasteiger partial charge >= 0.3 is 12.1 Å². The van der Waals surface area contributed by atoms with Crippen LogP contribution in [0.1, 0.15) is 43.7 Å². The molecule has 1 heterocycles. The van der Waals surface area contributed by atoms with E-state index in [9.17, 15) is 19.5 Å². The zero-order chi connectivity index (χ0) is 23.5. The van der Waals surface area contributed by atoms with Crippen LogP contribution in [0, 0.1) is 11.8 Å². The standard InChI is InChI=1S/C26H30N2O5/c1-3-8-23(24(29)28-13-16(2)21(14-28)25(30)31)27-26(32)33-15-22-19-11-6-4-9-17(19)18-10-5-7-12-20(18)22/h4-7,9-12,16,21-23H,3,8,13-15H2,1-2H3,(H,27,32)(H,30,31)/t16-,21-,23+/m0/s1. The van der Waals surface area contributed by atoms with Crippen LogP contribution in [0.5, 0.6) is 0 Å². The van der Waals surface area contributed by atoms with E-state index in [0.29, 0.717) is 19.4 Å². The lowest BCUT2D eigenvalue weighted by Crippen LogP contribution is -2.48. The normalized spacial score (nSPS) is 20.1. The number of alkyl carbamates (subject to hydrolysis) is 1. The van der Waals surface area contributed by atoms with Gasteiger partial charge in [0.15, 0.2) is 0 Å². The van der Waals surface area contributed by atoms with Gasteiger partial charge in [0.05, 0.1) is 5.92 Å². The Balaban J connectivity index is 1.40. The second-order valence-corrected chi connectivity index (χ2v) is 8.98. The van der Waals surface area contributed by atoms with Crippen molar-refractivity contribution in [2.45, 2.75) is 38.6 Å². The molecule has 33 heavy (non-hydrogen) atoms. The molecule has 7 nitrogen and oxygen atoms in total. The van der Waals surface area contributed by atoms with Crippen LogP contribution < -0.4 is 5.32 Å². The summed E-state index contributed by atoms with van der Waals surface area (Å²) in [5, 5.41) is 12.1. The Morgan fingerprint density at radius 2 is 1.67 bits per heavy atom. The van der Waals surface area contributed by atoms with Crippen molar-refractivity contribution in [3.8, 4) is 11.1 Å². The number of hydrogen-bond acceptors (Lipinski definition) is 4. The number of fused-ring (bicyclic) bond motifs is 3. The molecule has 2 aromatic rings. The molecule has 1 fully saturated rings. The minimum atomic E-state index is -0.894. The fourth-order valence-electron chi connectivity index (χ4n) is 5.02. The van der Waals surface area contributed by atoms with E-state index in [4.69, 9.17) is 4.74 Å². The van der Waals surface area contributed by atoms with Crippen molar-refractivity contribution in [3.63, 3.8) is 0 Å². The smallest absolute Gasteiger partial charge is 0.407 e. The number of carboxylic acids is 1. The van der Waals surface area contributed by atoms with Crippen LogP contribution >= 0.6 is 0 Å². The fourth-order valence-corrected chi connectivity index (χ4v) is 5.02. The molecule has 2 aliphatic rings. The number of aliphatic carboxylic acids is 1. The molecule has 1 saturated heterocycles. The molecule has 0 spiro atoms. The van der Waals surface area contributed by atoms with Crippen LogP contribution in [0.4, 0.5) is 4.79 Å². The Kier molecular flexibility index (Phi) is 6.67. The molecule has 0 saturated carbocycles. The average Bonchev–Trinajstić information content (AvgIpc) is 3.35. The quantitative estimate of drug-likeness (QED) is 0.668. The molecule has 2 N–H and O–H groups in total. The Labute approximate surface area is 193 Å². The van der Waals surface area contributed by atoms with Crippen LogP contribution in [0.25, 0.3) is 11.1 Å². The van der Waals surface area contributed by atoms with Crippen molar-refractivity contribution in [3.05, 3.63) is 59.7 Å². The van der Waals surface area contributed by atoms with E-state index in [0.717, 1.165) is 22.3 Å². The Bertz CT molecular complexity index is 1010. The van der Waals surface area contributed by atoms with Gasteiger partial charge in [0, 0.05) is 19.0 Å². The second kappa shape index (κ2) is 9.65. The molecule has 0 bridgehead atoms. The predicted molar refractivity (Wildman–Crippen MR) is 124 cm³/mol. The molecule has 0 unspecified atom stereocenters. The third-order valence-corrected chi connectivity index (χ3v) is 6.75. The molecule has 0 radical (unpaired) electrons. The number of nitrogens with zero attached hydrogens (tertiary/aromatic N) is 1. The Morgan fingerprint density at radius 1 is 1.06 bits per heavy atom. The van der Waals surface area contributed by atoms with Crippen LogP contribution in [-0.4, -0.2) is 53.7 Å². The molecule has 1 aliphatic carbocycles. The zero-order valence-electron chi connectivity index (χ0n) is 19.0. The van der Waals surface area contributed by atoms with Gasteiger partial charge in [0.25, 0.3) is 0 Å². The highest BCUT2D eigenvalue weighted by molar-refractivity contribution is 5.87. The van der Waals surface area contributed by atoms with Gasteiger partial charge in [-0.15, -0.1) is 0 Å². The highest BCUT2D eigenvalue weighted by atomic mass is 16.5. The Hall–Kier alpha value is -3.35. The maximum Gasteiger partial charge on any atom is 0.407 e. The summed E-state index contributed by atoms with van der Waals surface area (Å²) >= 11 is 0. The number of carbonyl (C=O) groups excluding carboxylic acids is 2. The van der Waals surface area contributed by atoms with E-state index >= 15 is 0 Å². The molecule has 7 heteroatoms. The predicted octanol–water partition coefficient (Wildman–Crippen LogP) is 3.87. The van der Waals surface area contributed by atoms with E-state index in [1.165, 1.54) is 0 Å². The number of nitrogens with one attached hydrogen (secondary N) is 1. The fraction of sp³-hybridized carbons (Fsp3) is 0.423. The first-order chi connectivity index (χ1) is 15.9. The highest BCUT2D eigenvalue weighted by Gasteiger charge is 2.39. The van der Waals surface area contributed by atoms with E-state index in [2.05, 4.69) is 29.6 Å². The van der Waals surface area contributed by atoms with Crippen molar-refractivity contribution in [1.82, 2.24) is 10.2 Å². The van der Waals surface area contributed by atoms with Crippen molar-refractivity contribution in [2.24, 2.45) is 11.8 Å². The Morgan fingerprint density at radius 3 is 2.21 bits per heavy atom. The topological polar surface area (TPSA) is 95.9 Å². The molecule has 174 valence electrons. The van der Waals surface area contributed by atoms with E-state index in [-0.39, 0.29) is 30.9 Å². The number of ether oxygens (including phenoxy) is 1. The average molecular weight is 451 g/mol. The van der Waals surface area contributed by atoms with Crippen molar-refractivity contribution < 1.29 is 24.2 Å². The molecule has 3 atom stereocenters. The molecular weight excluding hydrogens is 420 g/mol. The van der Waals surface area contributed by atoms with Gasteiger partial charge in [-0.05, 0) is 34.6 Å². The first-order valence-electron chi connectivity index (χ1n) is 11.5. The van der Waals surface area contributed by atoms with Gasteiger partial charge in [0.2, 0.25) is 5.91 Å². The van der Waals surface area contributed by atoms with E-state index in [1.807, 2.05) is 38.1 Å². The molecule has 1 aliphatic heterocycles. The molecular formula is C26H30N2O5. The molecule has 2 amide bonds. The summed E-state index contributed by atoms with van der Waals surface area (Å²) in [6, 6.07) is 15.5. The van der Waals surface area contributed by atoms with Gasteiger partial charge in [-0.1, -0.05) is 68.8 Å². The maximum atomic E-state index is 13.0. The number of amides is 2. The number of carbonyl (C=O) groups is 3. The first kappa shape index (κ1) is 22.8. The molecule has 2 aromatic carbocycles. The van der Waals surface area contributed by atoms with Crippen LogP contribution in [0.2, 0.25) is 0 Å². The largest absolute Gasteiger partial charge is 0.481 e. The maximum absolute atomic E-state index is 13.0. The van der Waals surface area contributed by atoms with E-state index in [1.54, 1.807) is 4.90 Å². The van der Waals surface area contributed by atoms with E-state index < -0.39 is 24.0 Å². The lowest BCUT2D eigenvalue weighted by Gasteiger charge is -2.24. The van der Waals surface area contributed by atoms with Crippen LogP contribution in [0.15, 0.2) is 48.5 Å². The SMILES string of the molecule is CCC[C@@H](NC(=O)OCC1c2ccccc2-c2ccccc21)C(=O)N1C[C@H](C(=O)O)[C@@H](C)C1. The summed E-state index contributed by atoms with van der Waals surface area (Å²) in [5.74, 6) is -1.90. The summed E-state index contributed by atoms with van der Waals surface area (Å²) in [5.41, 5.74) is 4.55. The third-order valence-electron chi connectivity index (χ3n) is 6.75. The summed E-state index contributed by atoms with van der Waals surface area (Å²) in [6.45, 7) is 4.49. The van der Waals surface area contributed by atoms with Crippen LogP contribution in [-0.2, 0) is 14.3 Å². The summed E-state index contributed by atoms with van der Waals surface area (Å²) in [6.07, 6.45) is 0.531. The van der Waals surface area contributed by atoms with Crippen molar-refractivity contribution >= 4 is 18.0 Å². The summed E-state index contributed by atoms with van der Waals surface area (Å²) in [4.78, 5) is 38.7. The minimum absolute atomic E-state index is 0.0563. The number of carboxylic acid groups (broad SMARTS) is 1. The van der Waals surface area contributed by atoms with Gasteiger partial charge in [-0.2, -0.15) is 0 Å². The minimum Gasteiger partial charge on any atom is -0.481 e. The van der Waals surface area contributed by atoms with Gasteiger partial charge in [0.1, 0.15) is 12.6 Å². The first-order valence-corrected chi connectivity index (χ1v) is 11.5. The second-order valence-electron chi connectivity index (χ2n) is 8.98. The lowest BCUT2D eigenvalue weighted by atomic mass is 9.98. The summed E-state index contributed by atoms with van der Waals surface area (Å²) in [7, 11) is 0. The van der Waals surface area contributed by atoms with Crippen molar-refractivity contribution in [1.29, 1.82) is 0 Å². The van der Waals surface area contributed by atoms with Crippen LogP contribution in [0.3, 0.4) is 0 Å². The highest BCUT2D eigenvalue weighted by Crippen LogP contribution is 2.44. The number of likely N-dealkylation sites (tertiary alicyclic amines) is 1. The lowest BCUT2D eigenvalue weighted by molar-refractivity contribution is -0.142. The number of benzene rings is 2. The molecule has 4 rings (SSSR count). The third kappa shape index (κ3) is 4.58. The van der Waals surface area contributed by atoms with Gasteiger partial charge < -0.3 is 20.1 Å². The zero-order valence-corrected chi connectivity index (χ0v) is 19.0. The van der Waals surface area contributed by atoms with Gasteiger partial charge in [-0.3, -0.25) is 9.59 Å².